The molecule has 0 amide bonds. The molecule has 3 heterocycles. The third-order valence-corrected chi connectivity index (χ3v) is 5.09. The third kappa shape index (κ3) is 2.72. The van der Waals surface area contributed by atoms with Crippen molar-refractivity contribution in [2.24, 2.45) is 5.10 Å². The average Bonchev–Trinajstić information content (AvgIpc) is 3.20. The van der Waals surface area contributed by atoms with E-state index in [0.29, 0.717) is 0 Å². The molecule has 2 atom stereocenters. The highest BCUT2D eigenvalue weighted by atomic mass is 16.5. The van der Waals surface area contributed by atoms with E-state index in [4.69, 9.17) is 14.6 Å². The van der Waals surface area contributed by atoms with Gasteiger partial charge < -0.3 is 9.47 Å². The van der Waals surface area contributed by atoms with Crippen molar-refractivity contribution in [3.63, 3.8) is 0 Å². The summed E-state index contributed by atoms with van der Waals surface area (Å²) < 4.78 is 11.6. The van der Waals surface area contributed by atoms with Crippen molar-refractivity contribution < 1.29 is 9.47 Å². The highest BCUT2D eigenvalue weighted by Gasteiger charge is 2.40. The Labute approximate surface area is 157 Å². The Morgan fingerprint density at radius 1 is 1.04 bits per heavy atom. The van der Waals surface area contributed by atoms with Crippen LogP contribution in [0.3, 0.4) is 0 Å². The summed E-state index contributed by atoms with van der Waals surface area (Å²) in [5.41, 5.74) is 4.31. The summed E-state index contributed by atoms with van der Waals surface area (Å²) >= 11 is 0. The number of para-hydroxylation sites is 1. The Bertz CT molecular complexity index is 986. The summed E-state index contributed by atoms with van der Waals surface area (Å²) in [6.45, 7) is 0. The van der Waals surface area contributed by atoms with Crippen LogP contribution >= 0.6 is 0 Å². The molecular weight excluding hydrogens is 338 g/mol. The van der Waals surface area contributed by atoms with Crippen molar-refractivity contribution in [1.29, 1.82) is 0 Å². The number of methoxy groups -OCH3 is 1. The van der Waals surface area contributed by atoms with Crippen LogP contribution in [0.15, 0.2) is 78.2 Å². The average molecular weight is 357 g/mol. The molecule has 0 spiro atoms. The van der Waals surface area contributed by atoms with Crippen LogP contribution in [0, 0.1) is 0 Å². The summed E-state index contributed by atoms with van der Waals surface area (Å²) in [4.78, 5) is 4.24. The molecule has 2 aliphatic heterocycles. The molecule has 0 saturated heterocycles. The molecule has 5 rings (SSSR count). The Kier molecular flexibility index (Phi) is 3.78. The second kappa shape index (κ2) is 6.43. The molecule has 2 aliphatic rings. The molecular formula is C22H19N3O2. The number of hydrogen-bond acceptors (Lipinski definition) is 5. The van der Waals surface area contributed by atoms with Gasteiger partial charge in [-0.3, -0.25) is 4.98 Å². The topological polar surface area (TPSA) is 47.0 Å². The number of hydrogen-bond donors (Lipinski definition) is 0. The zero-order valence-corrected chi connectivity index (χ0v) is 14.9. The third-order valence-electron chi connectivity index (χ3n) is 5.09. The van der Waals surface area contributed by atoms with Crippen molar-refractivity contribution >= 4 is 5.71 Å². The van der Waals surface area contributed by atoms with Gasteiger partial charge in [-0.25, -0.2) is 5.01 Å². The Morgan fingerprint density at radius 2 is 1.89 bits per heavy atom. The second-order valence-electron chi connectivity index (χ2n) is 6.67. The fourth-order valence-electron chi connectivity index (χ4n) is 3.73. The lowest BCUT2D eigenvalue weighted by Gasteiger charge is -2.38. The van der Waals surface area contributed by atoms with Crippen LogP contribution in [0.1, 0.15) is 35.4 Å². The molecule has 0 unspecified atom stereocenters. The first-order valence-electron chi connectivity index (χ1n) is 8.99. The van der Waals surface area contributed by atoms with E-state index in [1.165, 1.54) is 5.56 Å². The summed E-state index contributed by atoms with van der Waals surface area (Å²) in [5.74, 6) is 1.75. The van der Waals surface area contributed by atoms with Crippen LogP contribution in [0.5, 0.6) is 11.5 Å². The molecule has 0 aliphatic carbocycles. The van der Waals surface area contributed by atoms with Gasteiger partial charge in [0.25, 0.3) is 0 Å². The fourth-order valence-corrected chi connectivity index (χ4v) is 3.73. The van der Waals surface area contributed by atoms with Crippen molar-refractivity contribution in [2.75, 3.05) is 7.11 Å². The lowest BCUT2D eigenvalue weighted by molar-refractivity contribution is -0.0190. The van der Waals surface area contributed by atoms with Crippen molar-refractivity contribution in [2.45, 2.75) is 18.7 Å². The maximum atomic E-state index is 6.35. The van der Waals surface area contributed by atoms with E-state index in [-0.39, 0.29) is 12.3 Å². The summed E-state index contributed by atoms with van der Waals surface area (Å²) in [6, 6.07) is 20.3. The first-order chi connectivity index (χ1) is 13.3. The normalized spacial score (nSPS) is 20.3. The minimum atomic E-state index is -0.273. The predicted molar refractivity (Wildman–Crippen MR) is 103 cm³/mol. The monoisotopic (exact) mass is 357 g/mol. The zero-order chi connectivity index (χ0) is 18.2. The van der Waals surface area contributed by atoms with E-state index >= 15 is 0 Å². The maximum Gasteiger partial charge on any atom is 0.213 e. The standard InChI is InChI=1S/C22H19N3O2/c1-26-17-10-8-15(9-11-17)22-25-20(18-6-2-3-7-21(18)27-22)13-19(24-25)16-5-4-12-23-14-16/h2-12,14,20,22H,13H2,1H3/t20-,22-/m0/s1. The molecule has 5 heteroatoms. The SMILES string of the molecule is COc1ccc([C@@H]2Oc3ccccc3[C@@H]3CC(c4cccnc4)=NN32)cc1. The quantitative estimate of drug-likeness (QED) is 0.700. The van der Waals surface area contributed by atoms with E-state index in [0.717, 1.165) is 34.8 Å². The predicted octanol–water partition coefficient (Wildman–Crippen LogP) is 4.33. The van der Waals surface area contributed by atoms with Crippen LogP contribution in [0.2, 0.25) is 0 Å². The van der Waals surface area contributed by atoms with E-state index < -0.39 is 0 Å². The first-order valence-corrected chi connectivity index (χ1v) is 8.99. The Balaban J connectivity index is 1.57. The lowest BCUT2D eigenvalue weighted by atomic mass is 9.96. The molecule has 5 nitrogen and oxygen atoms in total. The van der Waals surface area contributed by atoms with Gasteiger partial charge in [-0.05, 0) is 36.4 Å². The van der Waals surface area contributed by atoms with Gasteiger partial charge in [0.15, 0.2) is 0 Å². The summed E-state index contributed by atoms with van der Waals surface area (Å²) in [6.07, 6.45) is 4.21. The highest BCUT2D eigenvalue weighted by molar-refractivity contribution is 6.01. The van der Waals surface area contributed by atoms with E-state index in [9.17, 15) is 0 Å². The minimum Gasteiger partial charge on any atom is -0.497 e. The zero-order valence-electron chi connectivity index (χ0n) is 14.9. The number of ether oxygens (including phenoxy) is 2. The van der Waals surface area contributed by atoms with Gasteiger partial charge in [0.1, 0.15) is 11.5 Å². The largest absolute Gasteiger partial charge is 0.497 e. The molecule has 1 aromatic heterocycles. The summed E-state index contributed by atoms with van der Waals surface area (Å²) in [7, 11) is 1.67. The van der Waals surface area contributed by atoms with E-state index in [1.54, 1.807) is 13.3 Å². The number of pyridine rings is 1. The van der Waals surface area contributed by atoms with Gasteiger partial charge >= 0.3 is 0 Å². The highest BCUT2D eigenvalue weighted by Crippen LogP contribution is 2.47. The number of rotatable bonds is 3. The molecule has 134 valence electrons. The fraction of sp³-hybridized carbons (Fsp3) is 0.182. The van der Waals surface area contributed by atoms with Crippen LogP contribution in [0.4, 0.5) is 0 Å². The lowest BCUT2D eigenvalue weighted by Crippen LogP contribution is -2.33. The summed E-state index contributed by atoms with van der Waals surface area (Å²) in [5, 5.41) is 7.01. The Hall–Kier alpha value is -3.34. The number of hydrazone groups is 1. The van der Waals surface area contributed by atoms with Gasteiger partial charge in [0.2, 0.25) is 6.23 Å². The number of fused-ring (bicyclic) bond motifs is 3. The number of benzene rings is 2. The number of nitrogens with zero attached hydrogens (tertiary/aromatic N) is 3. The van der Waals surface area contributed by atoms with Crippen LogP contribution in [-0.4, -0.2) is 22.8 Å². The minimum absolute atomic E-state index is 0.150. The molecule has 0 saturated carbocycles. The Morgan fingerprint density at radius 3 is 2.67 bits per heavy atom. The van der Waals surface area contributed by atoms with Gasteiger partial charge in [0, 0.05) is 35.5 Å². The molecule has 0 radical (unpaired) electrons. The molecule has 3 aromatic rings. The smallest absolute Gasteiger partial charge is 0.213 e. The maximum absolute atomic E-state index is 6.35. The van der Waals surface area contributed by atoms with Crippen molar-refractivity contribution in [1.82, 2.24) is 9.99 Å². The van der Waals surface area contributed by atoms with Gasteiger partial charge in [-0.15, -0.1) is 0 Å². The molecule has 2 aromatic carbocycles. The molecule has 0 N–H and O–H groups in total. The number of aromatic nitrogens is 1. The van der Waals surface area contributed by atoms with Gasteiger partial charge in [0.05, 0.1) is 18.9 Å². The van der Waals surface area contributed by atoms with Gasteiger partial charge in [-0.1, -0.05) is 24.3 Å². The van der Waals surface area contributed by atoms with Crippen LogP contribution < -0.4 is 9.47 Å². The van der Waals surface area contributed by atoms with E-state index in [2.05, 4.69) is 28.2 Å². The van der Waals surface area contributed by atoms with Crippen molar-refractivity contribution in [3.8, 4) is 11.5 Å². The van der Waals surface area contributed by atoms with Crippen molar-refractivity contribution in [3.05, 3.63) is 89.7 Å². The van der Waals surface area contributed by atoms with Gasteiger partial charge in [-0.2, -0.15) is 5.10 Å². The van der Waals surface area contributed by atoms with E-state index in [1.807, 2.05) is 48.7 Å². The second-order valence-corrected chi connectivity index (χ2v) is 6.67. The molecule has 0 fully saturated rings. The molecule has 27 heavy (non-hydrogen) atoms. The molecule has 0 bridgehead atoms. The van der Waals surface area contributed by atoms with Crippen LogP contribution in [0.25, 0.3) is 0 Å². The van der Waals surface area contributed by atoms with Crippen LogP contribution in [-0.2, 0) is 0 Å². The first kappa shape index (κ1) is 15.9.